The average Bonchev–Trinajstić information content (AvgIpc) is 3.64. The van der Waals surface area contributed by atoms with Gasteiger partial charge in [-0.15, -0.1) is 0 Å². The Morgan fingerprint density at radius 1 is 1.18 bits per heavy atom. The van der Waals surface area contributed by atoms with Crippen LogP contribution in [0.25, 0.3) is 22.6 Å². The summed E-state index contributed by atoms with van der Waals surface area (Å²) in [4.78, 5) is 29.5. The van der Waals surface area contributed by atoms with Gasteiger partial charge in [0, 0.05) is 24.9 Å². The summed E-state index contributed by atoms with van der Waals surface area (Å²) in [5, 5.41) is 14.9. The van der Waals surface area contributed by atoms with Crippen molar-refractivity contribution in [3.63, 3.8) is 0 Å². The van der Waals surface area contributed by atoms with Crippen LogP contribution in [0.4, 0.5) is 10.3 Å². The van der Waals surface area contributed by atoms with E-state index in [9.17, 15) is 9.18 Å². The number of anilines is 1. The largest absolute Gasteiger partial charge is 0.467 e. The first-order valence-corrected chi connectivity index (χ1v) is 12.5. The van der Waals surface area contributed by atoms with Crippen molar-refractivity contribution in [3.05, 3.63) is 72.3 Å². The number of carbonyl (C=O) groups is 1. The number of nitrogens with one attached hydrogen (secondary N) is 3. The fourth-order valence-electron chi connectivity index (χ4n) is 4.06. The van der Waals surface area contributed by atoms with Crippen molar-refractivity contribution in [2.45, 2.75) is 26.2 Å². The molecule has 0 unspecified atom stereocenters. The number of aromatic nitrogens is 4. The summed E-state index contributed by atoms with van der Waals surface area (Å²) >= 11 is 0. The second-order valence-corrected chi connectivity index (χ2v) is 9.40. The Kier molecular flexibility index (Phi) is 7.96. The van der Waals surface area contributed by atoms with Gasteiger partial charge in [0.25, 0.3) is 0 Å². The Morgan fingerprint density at radius 3 is 2.69 bits per heavy atom. The van der Waals surface area contributed by atoms with Crippen LogP contribution in [0.15, 0.2) is 59.3 Å². The van der Waals surface area contributed by atoms with Crippen molar-refractivity contribution < 1.29 is 28.2 Å². The van der Waals surface area contributed by atoms with E-state index in [-0.39, 0.29) is 31.5 Å². The van der Waals surface area contributed by atoms with Gasteiger partial charge in [-0.05, 0) is 55.8 Å². The van der Waals surface area contributed by atoms with E-state index in [1.54, 1.807) is 43.6 Å². The molecule has 1 amide bonds. The molecule has 204 valence electrons. The zero-order chi connectivity index (χ0) is 27.2. The molecular formula is C27H29FN6O5. The quantitative estimate of drug-likeness (QED) is 0.224. The van der Waals surface area contributed by atoms with Gasteiger partial charge in [0.2, 0.25) is 18.1 Å². The summed E-state index contributed by atoms with van der Waals surface area (Å²) in [6.45, 7) is 2.75. The van der Waals surface area contributed by atoms with Crippen LogP contribution >= 0.6 is 0 Å². The zero-order valence-electron chi connectivity index (χ0n) is 21.3. The van der Waals surface area contributed by atoms with Crippen molar-refractivity contribution in [3.8, 4) is 22.6 Å². The molecule has 1 fully saturated rings. The molecule has 0 bridgehead atoms. The maximum Gasteiger partial charge on any atom is 0.230 e. The number of imidazole rings is 1. The van der Waals surface area contributed by atoms with Gasteiger partial charge >= 0.3 is 0 Å². The van der Waals surface area contributed by atoms with E-state index < -0.39 is 11.7 Å². The van der Waals surface area contributed by atoms with Crippen molar-refractivity contribution >= 4 is 11.9 Å². The molecule has 39 heavy (non-hydrogen) atoms. The number of aromatic amines is 1. The maximum atomic E-state index is 13.7. The van der Waals surface area contributed by atoms with Gasteiger partial charge in [0.15, 0.2) is 5.82 Å². The monoisotopic (exact) mass is 536 g/mol. The molecule has 0 radical (unpaired) electrons. The number of H-pyrrole nitrogens is 1. The van der Waals surface area contributed by atoms with E-state index in [2.05, 4.69) is 25.6 Å². The Bertz CT molecular complexity index is 1380. The molecule has 1 aromatic carbocycles. The van der Waals surface area contributed by atoms with E-state index in [0.29, 0.717) is 53.9 Å². The number of rotatable bonds is 10. The highest BCUT2D eigenvalue weighted by molar-refractivity contribution is 5.82. The number of carbonyl (C=O) groups excluding carboxylic acids is 1. The summed E-state index contributed by atoms with van der Waals surface area (Å²) in [5.74, 6) is 0.935. The number of aliphatic hydroxyl groups is 1. The van der Waals surface area contributed by atoms with Gasteiger partial charge in [-0.1, -0.05) is 0 Å². The van der Waals surface area contributed by atoms with Crippen LogP contribution < -0.4 is 10.6 Å². The number of halogens is 1. The molecule has 1 saturated heterocycles. The minimum Gasteiger partial charge on any atom is -0.467 e. The second-order valence-electron chi connectivity index (χ2n) is 9.40. The van der Waals surface area contributed by atoms with E-state index in [1.165, 1.54) is 12.1 Å². The van der Waals surface area contributed by atoms with Gasteiger partial charge in [-0.3, -0.25) is 4.79 Å². The lowest BCUT2D eigenvalue weighted by atomic mass is 9.91. The number of nitrogens with zero attached hydrogens (tertiary/aromatic N) is 3. The lowest BCUT2D eigenvalue weighted by molar-refractivity contribution is -0.231. The molecular weight excluding hydrogens is 507 g/mol. The Balaban J connectivity index is 1.38. The molecule has 5 rings (SSSR count). The minimum atomic E-state index is -0.887. The summed E-state index contributed by atoms with van der Waals surface area (Å²) in [6.07, 6.45) is 2.83. The van der Waals surface area contributed by atoms with E-state index in [0.717, 1.165) is 5.76 Å². The standard InChI is InChI=1S/C27H29FN6O5/c1-27(25(36)29-10-3-12-35)15-38-24(39-16-27)23-33-21(17-5-7-18(28)8-6-17)22(34-23)20-9-11-30-26(32-20)31-14-19-4-2-13-37-19/h2,4-9,11,13,24,35H,3,10,12,14-16H2,1H3,(H,29,36)(H,33,34)(H,30,31,32). The third-order valence-electron chi connectivity index (χ3n) is 6.25. The van der Waals surface area contributed by atoms with Crippen LogP contribution in [-0.4, -0.2) is 57.3 Å². The first-order chi connectivity index (χ1) is 18.9. The van der Waals surface area contributed by atoms with Crippen LogP contribution in [0, 0.1) is 11.2 Å². The van der Waals surface area contributed by atoms with Gasteiger partial charge in [0.1, 0.15) is 11.6 Å². The number of amides is 1. The van der Waals surface area contributed by atoms with Gasteiger partial charge in [-0.25, -0.2) is 19.3 Å². The molecule has 11 nitrogen and oxygen atoms in total. The predicted octanol–water partition coefficient (Wildman–Crippen LogP) is 3.43. The number of hydrogen-bond acceptors (Lipinski definition) is 9. The zero-order valence-corrected chi connectivity index (χ0v) is 21.3. The third kappa shape index (κ3) is 6.14. The van der Waals surface area contributed by atoms with Crippen molar-refractivity contribution in [2.24, 2.45) is 5.41 Å². The number of hydrogen-bond donors (Lipinski definition) is 4. The Labute approximate surface area is 223 Å². The molecule has 4 aromatic rings. The Hall–Kier alpha value is -4.13. The van der Waals surface area contributed by atoms with E-state index >= 15 is 0 Å². The van der Waals surface area contributed by atoms with Crippen LogP contribution in [0.1, 0.15) is 31.2 Å². The first kappa shape index (κ1) is 26.5. The van der Waals surface area contributed by atoms with Crippen LogP contribution in [-0.2, 0) is 20.8 Å². The summed E-state index contributed by atoms with van der Waals surface area (Å²) in [5.41, 5.74) is 1.43. The number of furan rings is 1. The van der Waals surface area contributed by atoms with Gasteiger partial charge < -0.3 is 34.6 Å². The van der Waals surface area contributed by atoms with Crippen LogP contribution in [0.5, 0.6) is 0 Å². The summed E-state index contributed by atoms with van der Waals surface area (Å²) < 4.78 is 30.9. The smallest absolute Gasteiger partial charge is 0.230 e. The first-order valence-electron chi connectivity index (χ1n) is 12.5. The highest BCUT2D eigenvalue weighted by Crippen LogP contribution is 2.35. The highest BCUT2D eigenvalue weighted by atomic mass is 19.1. The topological polar surface area (TPSA) is 147 Å². The maximum absolute atomic E-state index is 13.7. The summed E-state index contributed by atoms with van der Waals surface area (Å²) in [7, 11) is 0. The second kappa shape index (κ2) is 11.7. The number of ether oxygens (including phenoxy) is 2. The number of aliphatic hydroxyl groups excluding tert-OH is 1. The molecule has 0 spiro atoms. The predicted molar refractivity (Wildman–Crippen MR) is 139 cm³/mol. The SMILES string of the molecule is CC1(C(=O)NCCCO)COC(c2nc(-c3ccc(F)cc3)c(-c3ccnc(NCc4ccco4)n3)[nH]2)OC1. The molecule has 1 aliphatic rings. The number of benzene rings is 1. The lowest BCUT2D eigenvalue weighted by Crippen LogP contribution is -2.48. The molecule has 0 atom stereocenters. The van der Waals surface area contributed by atoms with Crippen LogP contribution in [0.3, 0.4) is 0 Å². The van der Waals surface area contributed by atoms with E-state index in [1.807, 2.05) is 6.07 Å². The fraction of sp³-hybridized carbons (Fsp3) is 0.333. The Morgan fingerprint density at radius 2 is 1.97 bits per heavy atom. The molecule has 0 aliphatic carbocycles. The van der Waals surface area contributed by atoms with Crippen LogP contribution in [0.2, 0.25) is 0 Å². The molecule has 0 saturated carbocycles. The molecule has 4 heterocycles. The van der Waals surface area contributed by atoms with Gasteiger partial charge in [0.05, 0.1) is 48.5 Å². The minimum absolute atomic E-state index is 0.00282. The molecule has 12 heteroatoms. The molecule has 3 aromatic heterocycles. The van der Waals surface area contributed by atoms with Gasteiger partial charge in [-0.2, -0.15) is 0 Å². The van der Waals surface area contributed by atoms with Crippen molar-refractivity contribution in [1.29, 1.82) is 0 Å². The lowest BCUT2D eigenvalue weighted by Gasteiger charge is -2.35. The normalized spacial score (nSPS) is 19.1. The third-order valence-corrected chi connectivity index (χ3v) is 6.25. The van der Waals surface area contributed by atoms with Crippen molar-refractivity contribution in [1.82, 2.24) is 25.3 Å². The van der Waals surface area contributed by atoms with E-state index in [4.69, 9.17) is 24.0 Å². The highest BCUT2D eigenvalue weighted by Gasteiger charge is 2.40. The fourth-order valence-corrected chi connectivity index (χ4v) is 4.06. The summed E-state index contributed by atoms with van der Waals surface area (Å²) in [6, 6.07) is 11.4. The average molecular weight is 537 g/mol. The van der Waals surface area contributed by atoms with Crippen molar-refractivity contribution in [2.75, 3.05) is 31.7 Å². The molecule has 1 aliphatic heterocycles. The molecule has 4 N–H and O–H groups in total.